The third-order valence-corrected chi connectivity index (χ3v) is 5.93. The van der Waals surface area contributed by atoms with Crippen LogP contribution in [0, 0.1) is 17.2 Å². The van der Waals surface area contributed by atoms with Gasteiger partial charge in [-0.15, -0.1) is 0 Å². The maximum Gasteiger partial charge on any atom is 0.271 e. The molecule has 0 N–H and O–H groups in total. The van der Waals surface area contributed by atoms with Crippen LogP contribution in [0.15, 0.2) is 59.0 Å². The molecule has 1 unspecified atom stereocenters. The fraction of sp³-hybridized carbons (Fsp3) is 0.500. The number of carbonyl (C=O) groups is 2. The summed E-state index contributed by atoms with van der Waals surface area (Å²) in [4.78, 5) is 28.8. The normalized spacial score (nSPS) is 18.8. The van der Waals surface area contributed by atoms with Crippen molar-refractivity contribution in [1.29, 1.82) is 5.26 Å². The molecule has 5 nitrogen and oxygen atoms in total. The number of allylic oxidation sites excluding steroid dienone is 5. The molecule has 0 aromatic heterocycles. The highest BCUT2D eigenvalue weighted by molar-refractivity contribution is 6.18. The summed E-state index contributed by atoms with van der Waals surface area (Å²) in [7, 11) is 0. The highest BCUT2D eigenvalue weighted by atomic mass is 16.2. The van der Waals surface area contributed by atoms with Crippen molar-refractivity contribution < 1.29 is 9.59 Å². The van der Waals surface area contributed by atoms with Crippen LogP contribution in [-0.4, -0.2) is 34.7 Å². The van der Waals surface area contributed by atoms with Gasteiger partial charge in [-0.3, -0.25) is 14.5 Å². The Hall–Kier alpha value is -2.87. The molecule has 2 aliphatic heterocycles. The molecule has 0 spiro atoms. The number of nitrogens with zero attached hydrogens (tertiary/aromatic N) is 3. The monoisotopic (exact) mass is 421 g/mol. The first-order chi connectivity index (χ1) is 15.0. The summed E-state index contributed by atoms with van der Waals surface area (Å²) in [5.74, 6) is -0.116. The first kappa shape index (κ1) is 24.4. The largest absolute Gasteiger partial charge is 0.354 e. The van der Waals surface area contributed by atoms with Gasteiger partial charge in [0, 0.05) is 31.1 Å². The van der Waals surface area contributed by atoms with E-state index in [9.17, 15) is 14.9 Å². The third-order valence-electron chi connectivity index (χ3n) is 5.93. The van der Waals surface area contributed by atoms with Gasteiger partial charge in [0.1, 0.15) is 11.6 Å². The summed E-state index contributed by atoms with van der Waals surface area (Å²) in [6.45, 7) is 9.50. The lowest BCUT2D eigenvalue weighted by Gasteiger charge is -2.27. The SMILES string of the molecule is CCCCC(CC)CN1C=CC(=C/C=C2\C(=O)N(CCCC)C(=O)C(C#N)=C2C)C=C1. The summed E-state index contributed by atoms with van der Waals surface area (Å²) in [6.07, 6.45) is 18.3. The molecule has 0 saturated carbocycles. The van der Waals surface area contributed by atoms with Gasteiger partial charge in [0.2, 0.25) is 0 Å². The van der Waals surface area contributed by atoms with Gasteiger partial charge in [0.05, 0.1) is 0 Å². The summed E-state index contributed by atoms with van der Waals surface area (Å²) < 4.78 is 0. The lowest BCUT2D eigenvalue weighted by Crippen LogP contribution is -2.43. The van der Waals surface area contributed by atoms with Crippen LogP contribution < -0.4 is 0 Å². The molecule has 0 radical (unpaired) electrons. The molecule has 1 atom stereocenters. The maximum absolute atomic E-state index is 12.9. The molecule has 0 bridgehead atoms. The minimum absolute atomic E-state index is 0.0546. The molecular weight excluding hydrogens is 386 g/mol. The minimum Gasteiger partial charge on any atom is -0.354 e. The zero-order valence-electron chi connectivity index (χ0n) is 19.4. The van der Waals surface area contributed by atoms with Gasteiger partial charge >= 0.3 is 0 Å². The molecule has 31 heavy (non-hydrogen) atoms. The predicted molar refractivity (Wildman–Crippen MR) is 124 cm³/mol. The Kier molecular flexibility index (Phi) is 9.52. The van der Waals surface area contributed by atoms with Crippen molar-refractivity contribution in [3.8, 4) is 6.07 Å². The molecule has 0 aliphatic carbocycles. The second-order valence-electron chi connectivity index (χ2n) is 8.22. The number of amides is 2. The van der Waals surface area contributed by atoms with Crippen molar-refractivity contribution in [1.82, 2.24) is 9.80 Å². The fourth-order valence-electron chi connectivity index (χ4n) is 3.77. The Morgan fingerprint density at radius 1 is 1.03 bits per heavy atom. The maximum atomic E-state index is 12.9. The highest BCUT2D eigenvalue weighted by Gasteiger charge is 2.34. The molecule has 2 aliphatic rings. The van der Waals surface area contributed by atoms with Crippen LogP contribution in [0.3, 0.4) is 0 Å². The van der Waals surface area contributed by atoms with E-state index in [1.807, 2.05) is 31.2 Å². The molecule has 0 aromatic rings. The van der Waals surface area contributed by atoms with E-state index >= 15 is 0 Å². The van der Waals surface area contributed by atoms with Gasteiger partial charge in [-0.25, -0.2) is 0 Å². The van der Waals surface area contributed by atoms with Gasteiger partial charge in [0.25, 0.3) is 11.8 Å². The average molecular weight is 422 g/mol. The Morgan fingerprint density at radius 3 is 2.29 bits per heavy atom. The zero-order valence-corrected chi connectivity index (χ0v) is 19.4. The van der Waals surface area contributed by atoms with Gasteiger partial charge in [-0.05, 0) is 55.1 Å². The lowest BCUT2D eigenvalue weighted by atomic mass is 9.94. The second-order valence-corrected chi connectivity index (χ2v) is 8.22. The fourth-order valence-corrected chi connectivity index (χ4v) is 3.77. The standard InChI is InChI=1S/C26H35N3O2/c1-5-8-10-21(7-3)19-28-16-13-22(14-17-28)11-12-23-20(4)24(18-27)26(31)29(25(23)30)15-9-6-2/h11-14,16-17,21H,5-10,15,19H2,1-4H3/b23-12-. The topological polar surface area (TPSA) is 64.4 Å². The number of rotatable bonds is 10. The Bertz CT molecular complexity index is 852. The Morgan fingerprint density at radius 2 is 1.71 bits per heavy atom. The van der Waals surface area contributed by atoms with Crippen LogP contribution in [0.5, 0.6) is 0 Å². The van der Waals surface area contributed by atoms with E-state index in [2.05, 4.69) is 31.1 Å². The molecule has 2 heterocycles. The van der Waals surface area contributed by atoms with Crippen LogP contribution in [0.1, 0.15) is 66.2 Å². The van der Waals surface area contributed by atoms with Crippen LogP contribution in [0.25, 0.3) is 0 Å². The smallest absolute Gasteiger partial charge is 0.271 e. The molecule has 0 saturated heterocycles. The van der Waals surface area contributed by atoms with Crippen molar-refractivity contribution in [3.05, 3.63) is 59.0 Å². The van der Waals surface area contributed by atoms with Crippen molar-refractivity contribution in [3.63, 3.8) is 0 Å². The van der Waals surface area contributed by atoms with E-state index in [-0.39, 0.29) is 11.5 Å². The first-order valence-corrected chi connectivity index (χ1v) is 11.5. The Balaban J connectivity index is 2.17. The Labute approximate surface area is 187 Å². The number of hydrogen-bond donors (Lipinski definition) is 0. The van der Waals surface area contributed by atoms with Crippen LogP contribution in [0.4, 0.5) is 0 Å². The number of carbonyl (C=O) groups excluding carboxylic acids is 2. The van der Waals surface area contributed by atoms with Crippen molar-refractivity contribution in [2.45, 2.75) is 66.2 Å². The van der Waals surface area contributed by atoms with Gasteiger partial charge < -0.3 is 4.90 Å². The minimum atomic E-state index is -0.482. The summed E-state index contributed by atoms with van der Waals surface area (Å²) >= 11 is 0. The lowest BCUT2D eigenvalue weighted by molar-refractivity contribution is -0.140. The molecule has 0 fully saturated rings. The summed E-state index contributed by atoms with van der Waals surface area (Å²) in [5.41, 5.74) is 1.89. The van der Waals surface area contributed by atoms with Crippen LogP contribution >= 0.6 is 0 Å². The van der Waals surface area contributed by atoms with E-state index in [4.69, 9.17) is 0 Å². The zero-order chi connectivity index (χ0) is 22.8. The highest BCUT2D eigenvalue weighted by Crippen LogP contribution is 2.26. The van der Waals surface area contributed by atoms with E-state index < -0.39 is 5.91 Å². The first-order valence-electron chi connectivity index (χ1n) is 11.5. The molecule has 166 valence electrons. The van der Waals surface area contributed by atoms with Gasteiger partial charge in [-0.1, -0.05) is 52.5 Å². The van der Waals surface area contributed by atoms with Crippen molar-refractivity contribution in [2.75, 3.05) is 13.1 Å². The average Bonchev–Trinajstić information content (AvgIpc) is 2.77. The van der Waals surface area contributed by atoms with Crippen LogP contribution in [-0.2, 0) is 9.59 Å². The van der Waals surface area contributed by atoms with Crippen molar-refractivity contribution >= 4 is 11.8 Å². The number of unbranched alkanes of at least 4 members (excludes halogenated alkanes) is 2. The number of hydrogen-bond acceptors (Lipinski definition) is 4. The van der Waals surface area contributed by atoms with E-state index in [0.717, 1.165) is 25.0 Å². The quantitative estimate of drug-likeness (QED) is 0.350. The predicted octanol–water partition coefficient (Wildman–Crippen LogP) is 5.41. The number of nitriles is 1. The molecular formula is C26H35N3O2. The third kappa shape index (κ3) is 6.30. The summed E-state index contributed by atoms with van der Waals surface area (Å²) in [6, 6.07) is 1.98. The van der Waals surface area contributed by atoms with E-state index in [1.54, 1.807) is 13.0 Å². The van der Waals surface area contributed by atoms with Gasteiger partial charge in [0.15, 0.2) is 0 Å². The van der Waals surface area contributed by atoms with Gasteiger partial charge in [-0.2, -0.15) is 5.26 Å². The molecule has 0 aromatic carbocycles. The number of imide groups is 1. The summed E-state index contributed by atoms with van der Waals surface area (Å²) in [5, 5.41) is 9.43. The molecule has 2 rings (SSSR count). The van der Waals surface area contributed by atoms with E-state index in [0.29, 0.717) is 23.6 Å². The van der Waals surface area contributed by atoms with Crippen LogP contribution in [0.2, 0.25) is 0 Å². The molecule has 2 amide bonds. The molecule has 5 heteroatoms. The van der Waals surface area contributed by atoms with Crippen molar-refractivity contribution in [2.24, 2.45) is 5.92 Å². The second kappa shape index (κ2) is 12.1. The van der Waals surface area contributed by atoms with E-state index in [1.165, 1.54) is 30.6 Å².